The van der Waals surface area contributed by atoms with Gasteiger partial charge in [-0.3, -0.25) is 0 Å². The summed E-state index contributed by atoms with van der Waals surface area (Å²) in [5, 5.41) is 15.7. The molecule has 1 aromatic heterocycles. The SMILES string of the molecule is CCc1nncn1CCNC(=NCc1ccc(OC)cc1)NC(C)c1ccccc1Cl. The van der Waals surface area contributed by atoms with Gasteiger partial charge in [0.05, 0.1) is 19.7 Å². The number of aromatic nitrogens is 3. The highest BCUT2D eigenvalue weighted by molar-refractivity contribution is 6.31. The lowest BCUT2D eigenvalue weighted by Crippen LogP contribution is -2.40. The van der Waals surface area contributed by atoms with Gasteiger partial charge in [0.2, 0.25) is 0 Å². The molecular formula is C23H29ClN6O. The average molecular weight is 441 g/mol. The third kappa shape index (κ3) is 6.46. The summed E-state index contributed by atoms with van der Waals surface area (Å²) in [6.45, 7) is 6.12. The van der Waals surface area contributed by atoms with Crippen molar-refractivity contribution in [3.8, 4) is 5.75 Å². The summed E-state index contributed by atoms with van der Waals surface area (Å²) >= 11 is 6.38. The van der Waals surface area contributed by atoms with Crippen LogP contribution in [0.15, 0.2) is 59.9 Å². The van der Waals surface area contributed by atoms with Crippen LogP contribution in [0.25, 0.3) is 0 Å². The minimum absolute atomic E-state index is 0.00284. The molecule has 0 saturated heterocycles. The molecule has 1 heterocycles. The first-order valence-corrected chi connectivity index (χ1v) is 10.8. The number of rotatable bonds is 9. The summed E-state index contributed by atoms with van der Waals surface area (Å²) in [5.41, 5.74) is 2.12. The van der Waals surface area contributed by atoms with Crippen molar-refractivity contribution in [2.45, 2.75) is 39.4 Å². The zero-order valence-corrected chi connectivity index (χ0v) is 18.9. The lowest BCUT2D eigenvalue weighted by Gasteiger charge is -2.20. The van der Waals surface area contributed by atoms with Gasteiger partial charge in [-0.05, 0) is 36.2 Å². The number of hydrogen-bond acceptors (Lipinski definition) is 4. The van der Waals surface area contributed by atoms with Crippen molar-refractivity contribution < 1.29 is 4.74 Å². The Hall–Kier alpha value is -3.06. The quantitative estimate of drug-likeness (QED) is 0.388. The Morgan fingerprint density at radius 1 is 1.19 bits per heavy atom. The molecule has 3 aromatic rings. The molecule has 2 N–H and O–H groups in total. The number of aliphatic imine (C=N–C) groups is 1. The standard InChI is InChI=1S/C23H29ClN6O/c1-4-22-29-27-16-30(22)14-13-25-23(26-15-18-9-11-19(31-3)12-10-18)28-17(2)20-7-5-6-8-21(20)24/h5-12,16-17H,4,13-15H2,1-3H3,(H2,25,26,28). The molecule has 7 nitrogen and oxygen atoms in total. The fourth-order valence-corrected chi connectivity index (χ4v) is 3.50. The number of halogens is 1. The van der Waals surface area contributed by atoms with Gasteiger partial charge in [-0.15, -0.1) is 10.2 Å². The van der Waals surface area contributed by atoms with Crippen molar-refractivity contribution in [2.75, 3.05) is 13.7 Å². The van der Waals surface area contributed by atoms with Crippen LogP contribution < -0.4 is 15.4 Å². The third-order valence-corrected chi connectivity index (χ3v) is 5.31. The van der Waals surface area contributed by atoms with E-state index in [1.807, 2.05) is 53.1 Å². The number of ether oxygens (including phenoxy) is 1. The van der Waals surface area contributed by atoms with E-state index in [-0.39, 0.29) is 6.04 Å². The number of guanidine groups is 1. The van der Waals surface area contributed by atoms with Gasteiger partial charge in [-0.1, -0.05) is 48.9 Å². The van der Waals surface area contributed by atoms with Gasteiger partial charge in [0.15, 0.2) is 5.96 Å². The van der Waals surface area contributed by atoms with Crippen LogP contribution in [-0.2, 0) is 19.5 Å². The Bertz CT molecular complexity index is 986. The Morgan fingerprint density at radius 3 is 2.68 bits per heavy atom. The summed E-state index contributed by atoms with van der Waals surface area (Å²) in [4.78, 5) is 4.78. The number of benzene rings is 2. The van der Waals surface area contributed by atoms with Crippen molar-refractivity contribution in [2.24, 2.45) is 4.99 Å². The van der Waals surface area contributed by atoms with E-state index in [0.29, 0.717) is 13.1 Å². The molecule has 0 radical (unpaired) electrons. The Morgan fingerprint density at radius 2 is 1.97 bits per heavy atom. The molecule has 1 unspecified atom stereocenters. The Kier molecular flexibility index (Phi) is 8.29. The van der Waals surface area contributed by atoms with E-state index in [0.717, 1.165) is 46.6 Å². The van der Waals surface area contributed by atoms with Crippen molar-refractivity contribution >= 4 is 17.6 Å². The molecule has 0 bridgehead atoms. The highest BCUT2D eigenvalue weighted by Crippen LogP contribution is 2.22. The first kappa shape index (κ1) is 22.6. The molecule has 164 valence electrons. The van der Waals surface area contributed by atoms with E-state index in [1.165, 1.54) is 0 Å². The first-order valence-electron chi connectivity index (χ1n) is 10.4. The lowest BCUT2D eigenvalue weighted by atomic mass is 10.1. The number of methoxy groups -OCH3 is 1. The second-order valence-corrected chi connectivity index (χ2v) is 7.53. The van der Waals surface area contributed by atoms with Crippen LogP contribution in [0.3, 0.4) is 0 Å². The topological polar surface area (TPSA) is 76.4 Å². The number of aryl methyl sites for hydroxylation is 1. The molecule has 1 atom stereocenters. The van der Waals surface area contributed by atoms with E-state index in [1.54, 1.807) is 13.4 Å². The van der Waals surface area contributed by atoms with E-state index >= 15 is 0 Å². The van der Waals surface area contributed by atoms with Crippen molar-refractivity contribution in [1.82, 2.24) is 25.4 Å². The van der Waals surface area contributed by atoms with Crippen molar-refractivity contribution in [3.05, 3.63) is 76.8 Å². The Balaban J connectivity index is 1.69. The highest BCUT2D eigenvalue weighted by Gasteiger charge is 2.11. The summed E-state index contributed by atoms with van der Waals surface area (Å²) < 4.78 is 7.28. The number of nitrogens with one attached hydrogen (secondary N) is 2. The summed E-state index contributed by atoms with van der Waals surface area (Å²) in [6, 6.07) is 15.7. The Labute approximate surface area is 188 Å². The van der Waals surface area contributed by atoms with Crippen molar-refractivity contribution in [1.29, 1.82) is 0 Å². The second kappa shape index (κ2) is 11.4. The lowest BCUT2D eigenvalue weighted by molar-refractivity contribution is 0.414. The van der Waals surface area contributed by atoms with E-state index in [4.69, 9.17) is 21.3 Å². The van der Waals surface area contributed by atoms with Crippen molar-refractivity contribution in [3.63, 3.8) is 0 Å². The molecule has 0 saturated carbocycles. The molecule has 3 rings (SSSR count). The maximum atomic E-state index is 6.38. The summed E-state index contributed by atoms with van der Waals surface area (Å²) in [6.07, 6.45) is 2.61. The van der Waals surface area contributed by atoms with Gasteiger partial charge in [-0.2, -0.15) is 0 Å². The predicted octanol–water partition coefficient (Wildman–Crippen LogP) is 4.00. The van der Waals surface area contributed by atoms with Gasteiger partial charge in [0.25, 0.3) is 0 Å². The molecule has 8 heteroatoms. The van der Waals surface area contributed by atoms with Gasteiger partial charge in [0.1, 0.15) is 17.9 Å². The summed E-state index contributed by atoms with van der Waals surface area (Å²) in [5.74, 6) is 2.52. The van der Waals surface area contributed by atoms with Crippen LogP contribution in [0, 0.1) is 0 Å². The fraction of sp³-hybridized carbons (Fsp3) is 0.348. The normalized spacial score (nSPS) is 12.5. The molecule has 0 amide bonds. The second-order valence-electron chi connectivity index (χ2n) is 7.12. The number of hydrogen-bond donors (Lipinski definition) is 2. The fourth-order valence-electron chi connectivity index (χ4n) is 3.20. The molecule has 0 spiro atoms. The molecule has 2 aromatic carbocycles. The van der Waals surface area contributed by atoms with E-state index in [2.05, 4.69) is 34.7 Å². The summed E-state index contributed by atoms with van der Waals surface area (Å²) in [7, 11) is 1.66. The van der Waals surface area contributed by atoms with Crippen LogP contribution >= 0.6 is 11.6 Å². The minimum atomic E-state index is -0.00284. The molecule has 0 aliphatic heterocycles. The van der Waals surface area contributed by atoms with Crippen LogP contribution in [-0.4, -0.2) is 34.4 Å². The molecule has 0 aliphatic rings. The van der Waals surface area contributed by atoms with Gasteiger partial charge < -0.3 is 19.9 Å². The van der Waals surface area contributed by atoms with E-state index < -0.39 is 0 Å². The minimum Gasteiger partial charge on any atom is -0.497 e. The van der Waals surface area contributed by atoms with Gasteiger partial charge in [0, 0.05) is 24.5 Å². The molecule has 31 heavy (non-hydrogen) atoms. The average Bonchev–Trinajstić information content (AvgIpc) is 3.25. The van der Waals surface area contributed by atoms with Crippen LogP contribution in [0.4, 0.5) is 0 Å². The molecule has 0 aliphatic carbocycles. The highest BCUT2D eigenvalue weighted by atomic mass is 35.5. The number of nitrogens with zero attached hydrogens (tertiary/aromatic N) is 4. The third-order valence-electron chi connectivity index (χ3n) is 4.96. The van der Waals surface area contributed by atoms with E-state index in [9.17, 15) is 0 Å². The first-order chi connectivity index (χ1) is 15.1. The van der Waals surface area contributed by atoms with Crippen LogP contribution in [0.1, 0.15) is 36.8 Å². The van der Waals surface area contributed by atoms with Gasteiger partial charge >= 0.3 is 0 Å². The maximum absolute atomic E-state index is 6.38. The molecular weight excluding hydrogens is 412 g/mol. The zero-order valence-electron chi connectivity index (χ0n) is 18.2. The zero-order chi connectivity index (χ0) is 22.1. The molecule has 0 fully saturated rings. The smallest absolute Gasteiger partial charge is 0.192 e. The monoisotopic (exact) mass is 440 g/mol. The maximum Gasteiger partial charge on any atom is 0.192 e. The van der Waals surface area contributed by atoms with Gasteiger partial charge in [-0.25, -0.2) is 4.99 Å². The predicted molar refractivity (Wildman–Crippen MR) is 125 cm³/mol. The van der Waals surface area contributed by atoms with Crippen LogP contribution in [0.5, 0.6) is 5.75 Å². The largest absolute Gasteiger partial charge is 0.497 e. The van der Waals surface area contributed by atoms with Crippen LogP contribution in [0.2, 0.25) is 5.02 Å².